The highest BCUT2D eigenvalue weighted by atomic mass is 32.2. The summed E-state index contributed by atoms with van der Waals surface area (Å²) in [5.74, 6) is 0.465. The molecule has 0 radical (unpaired) electrons. The maximum Gasteiger partial charge on any atom is 0.169 e. The first-order valence-corrected chi connectivity index (χ1v) is 9.53. The van der Waals surface area contributed by atoms with Gasteiger partial charge in [0.25, 0.3) is 0 Å². The first-order valence-electron chi connectivity index (χ1n) is 7.30. The number of thiocarbonyl (C=S) groups is 1. The Hall–Kier alpha value is -1.14. The summed E-state index contributed by atoms with van der Waals surface area (Å²) in [6.07, 6.45) is 1.64. The van der Waals surface area contributed by atoms with E-state index in [2.05, 4.69) is 12.2 Å². The molecule has 6 heteroatoms. The lowest BCUT2D eigenvalue weighted by atomic mass is 10.1. The van der Waals surface area contributed by atoms with E-state index in [4.69, 9.17) is 12.2 Å². The van der Waals surface area contributed by atoms with Crippen molar-refractivity contribution in [1.29, 1.82) is 0 Å². The third kappa shape index (κ3) is 4.68. The molecule has 1 fully saturated rings. The van der Waals surface area contributed by atoms with Gasteiger partial charge < -0.3 is 10.2 Å². The van der Waals surface area contributed by atoms with Crippen molar-refractivity contribution in [3.8, 4) is 0 Å². The highest BCUT2D eigenvalue weighted by molar-refractivity contribution is 7.91. The first-order chi connectivity index (χ1) is 10.0. The summed E-state index contributed by atoms with van der Waals surface area (Å²) in [7, 11) is -2.92. The molecule has 21 heavy (non-hydrogen) atoms. The Kier molecular flexibility index (Phi) is 5.58. The van der Waals surface area contributed by atoms with Gasteiger partial charge in [0, 0.05) is 19.1 Å². The lowest BCUT2D eigenvalue weighted by Gasteiger charge is -2.31. The Morgan fingerprint density at radius 3 is 2.67 bits per heavy atom. The monoisotopic (exact) mass is 326 g/mol. The van der Waals surface area contributed by atoms with Crippen molar-refractivity contribution in [3.05, 3.63) is 35.9 Å². The molecule has 1 aliphatic rings. The van der Waals surface area contributed by atoms with Crippen LogP contribution in [-0.2, 0) is 16.4 Å². The van der Waals surface area contributed by atoms with Crippen LogP contribution >= 0.6 is 12.2 Å². The fraction of sp³-hybridized carbons (Fsp3) is 0.533. The van der Waals surface area contributed by atoms with E-state index in [0.717, 1.165) is 18.5 Å². The summed E-state index contributed by atoms with van der Waals surface area (Å²) in [6.45, 7) is 3.54. The molecule has 0 aliphatic carbocycles. The molecule has 116 valence electrons. The van der Waals surface area contributed by atoms with Crippen LogP contribution in [0.15, 0.2) is 30.3 Å². The molecule has 1 heterocycles. The van der Waals surface area contributed by atoms with E-state index < -0.39 is 9.84 Å². The van der Waals surface area contributed by atoms with Gasteiger partial charge >= 0.3 is 0 Å². The van der Waals surface area contributed by atoms with E-state index in [0.29, 0.717) is 18.1 Å². The zero-order valence-electron chi connectivity index (χ0n) is 12.3. The number of nitrogens with zero attached hydrogens (tertiary/aromatic N) is 1. The fourth-order valence-corrected chi connectivity index (χ4v) is 4.55. The van der Waals surface area contributed by atoms with E-state index in [1.165, 1.54) is 0 Å². The molecular formula is C15H22N2O2S2. The molecule has 1 saturated heterocycles. The third-order valence-corrected chi connectivity index (χ3v) is 5.76. The molecule has 2 rings (SSSR count). The molecule has 0 aromatic heterocycles. The van der Waals surface area contributed by atoms with Gasteiger partial charge in [0.05, 0.1) is 11.5 Å². The van der Waals surface area contributed by atoms with Gasteiger partial charge in [-0.2, -0.15) is 0 Å². The number of nitrogens with one attached hydrogen (secondary N) is 1. The van der Waals surface area contributed by atoms with Gasteiger partial charge in [0.2, 0.25) is 0 Å². The van der Waals surface area contributed by atoms with E-state index in [1.807, 2.05) is 35.2 Å². The Morgan fingerprint density at radius 1 is 1.38 bits per heavy atom. The summed E-state index contributed by atoms with van der Waals surface area (Å²) < 4.78 is 23.5. The molecule has 1 N–H and O–H groups in total. The van der Waals surface area contributed by atoms with Crippen molar-refractivity contribution >= 4 is 27.2 Å². The zero-order valence-corrected chi connectivity index (χ0v) is 13.9. The molecule has 0 saturated carbocycles. The van der Waals surface area contributed by atoms with Gasteiger partial charge in [-0.3, -0.25) is 0 Å². The average molecular weight is 326 g/mol. The molecule has 1 aromatic carbocycles. The van der Waals surface area contributed by atoms with Crippen LogP contribution in [0.3, 0.4) is 0 Å². The summed E-state index contributed by atoms with van der Waals surface area (Å²) in [5, 5.41) is 3.87. The zero-order chi connectivity index (χ0) is 15.3. The number of benzene rings is 1. The summed E-state index contributed by atoms with van der Waals surface area (Å²) >= 11 is 5.47. The van der Waals surface area contributed by atoms with Gasteiger partial charge in [-0.15, -0.1) is 0 Å². The van der Waals surface area contributed by atoms with Crippen LogP contribution in [0, 0.1) is 0 Å². The number of rotatable bonds is 5. The minimum Gasteiger partial charge on any atom is -0.363 e. The Bertz CT molecular complexity index is 573. The molecule has 0 bridgehead atoms. The van der Waals surface area contributed by atoms with Crippen LogP contribution < -0.4 is 5.32 Å². The lowest BCUT2D eigenvalue weighted by molar-refractivity contribution is 0.323. The number of sulfone groups is 1. The molecule has 0 amide bonds. The van der Waals surface area contributed by atoms with E-state index >= 15 is 0 Å². The fourth-order valence-electron chi connectivity index (χ4n) is 2.50. The van der Waals surface area contributed by atoms with Crippen LogP contribution in [-0.4, -0.2) is 42.5 Å². The lowest BCUT2D eigenvalue weighted by Crippen LogP contribution is -2.46. The van der Waals surface area contributed by atoms with Crippen molar-refractivity contribution in [2.24, 2.45) is 0 Å². The second kappa shape index (κ2) is 7.22. The van der Waals surface area contributed by atoms with Gasteiger partial charge in [-0.1, -0.05) is 37.3 Å². The van der Waals surface area contributed by atoms with Crippen molar-refractivity contribution < 1.29 is 8.42 Å². The molecule has 0 spiro atoms. The van der Waals surface area contributed by atoms with E-state index in [1.54, 1.807) is 0 Å². The van der Waals surface area contributed by atoms with Gasteiger partial charge in [0.15, 0.2) is 14.9 Å². The smallest absolute Gasteiger partial charge is 0.169 e. The second-order valence-corrected chi connectivity index (χ2v) is 8.02. The standard InChI is InChI=1S/C15H22N2O2S2/c1-2-9-16-15(20)17(11-13-6-4-3-5-7-13)14-8-10-21(18,19)12-14/h3-7,14H,2,8-12H2,1H3,(H,16,20)/t14-/m1/s1. The molecule has 1 aliphatic heterocycles. The van der Waals surface area contributed by atoms with Crippen molar-refractivity contribution in [1.82, 2.24) is 10.2 Å². The predicted molar refractivity (Wildman–Crippen MR) is 89.9 cm³/mol. The molecule has 4 nitrogen and oxygen atoms in total. The minimum atomic E-state index is -2.92. The maximum atomic E-state index is 11.7. The van der Waals surface area contributed by atoms with Crippen LogP contribution in [0.2, 0.25) is 0 Å². The van der Waals surface area contributed by atoms with Crippen LogP contribution in [0.5, 0.6) is 0 Å². The van der Waals surface area contributed by atoms with Gasteiger partial charge in [-0.05, 0) is 30.6 Å². The quantitative estimate of drug-likeness (QED) is 0.838. The largest absolute Gasteiger partial charge is 0.363 e. The SMILES string of the molecule is CCCNC(=S)N(Cc1ccccc1)[C@@H]1CCS(=O)(=O)C1. The molecule has 0 unspecified atom stereocenters. The highest BCUT2D eigenvalue weighted by Gasteiger charge is 2.33. The summed E-state index contributed by atoms with van der Waals surface area (Å²) in [6, 6.07) is 10.0. The highest BCUT2D eigenvalue weighted by Crippen LogP contribution is 2.20. The topological polar surface area (TPSA) is 49.4 Å². The van der Waals surface area contributed by atoms with E-state index in [9.17, 15) is 8.42 Å². The molecular weight excluding hydrogens is 304 g/mol. The Morgan fingerprint density at radius 2 is 2.10 bits per heavy atom. The van der Waals surface area contributed by atoms with Gasteiger partial charge in [-0.25, -0.2) is 8.42 Å². The van der Waals surface area contributed by atoms with Crippen LogP contribution in [0.4, 0.5) is 0 Å². The molecule has 1 aromatic rings. The average Bonchev–Trinajstić information content (AvgIpc) is 2.83. The van der Waals surface area contributed by atoms with Crippen LogP contribution in [0.1, 0.15) is 25.3 Å². The summed E-state index contributed by atoms with van der Waals surface area (Å²) in [5.41, 5.74) is 1.14. The third-order valence-electron chi connectivity index (χ3n) is 3.63. The van der Waals surface area contributed by atoms with Gasteiger partial charge in [0.1, 0.15) is 0 Å². The predicted octanol–water partition coefficient (Wildman–Crippen LogP) is 1.96. The Balaban J connectivity index is 2.12. The minimum absolute atomic E-state index is 0.0212. The van der Waals surface area contributed by atoms with Crippen LogP contribution in [0.25, 0.3) is 0 Å². The normalized spacial score (nSPS) is 20.1. The van der Waals surface area contributed by atoms with E-state index in [-0.39, 0.29) is 17.5 Å². The number of hydrogen-bond donors (Lipinski definition) is 1. The number of hydrogen-bond acceptors (Lipinski definition) is 3. The van der Waals surface area contributed by atoms with Crippen molar-refractivity contribution in [2.45, 2.75) is 32.4 Å². The Labute approximate surface area is 132 Å². The van der Waals surface area contributed by atoms with Crippen molar-refractivity contribution in [3.63, 3.8) is 0 Å². The summed E-state index contributed by atoms with van der Waals surface area (Å²) in [4.78, 5) is 2.03. The molecule has 1 atom stereocenters. The first kappa shape index (κ1) is 16.2. The van der Waals surface area contributed by atoms with Crippen molar-refractivity contribution in [2.75, 3.05) is 18.1 Å². The maximum absolute atomic E-state index is 11.7. The second-order valence-electron chi connectivity index (χ2n) is 5.40.